The maximum Gasteiger partial charge on any atom is 0.435 e. The van der Waals surface area contributed by atoms with Gasteiger partial charge in [-0.1, -0.05) is 0 Å². The van der Waals surface area contributed by atoms with E-state index >= 15 is 0 Å². The average molecular weight is 467 g/mol. The minimum Gasteiger partial charge on any atom is -0.493 e. The second-order valence-electron chi connectivity index (χ2n) is 5.42. The van der Waals surface area contributed by atoms with Gasteiger partial charge in [-0.05, 0) is 78.3 Å². The summed E-state index contributed by atoms with van der Waals surface area (Å²) in [5.74, 6) is 0.728. The largest absolute Gasteiger partial charge is 0.493 e. The van der Waals surface area contributed by atoms with Crippen LogP contribution in [0.3, 0.4) is 0 Å². The Hall–Kier alpha value is -0.830. The molecule has 0 atom stereocenters. The summed E-state index contributed by atoms with van der Waals surface area (Å²) < 4.78 is 13.7. The van der Waals surface area contributed by atoms with Crippen LogP contribution in [0.25, 0.3) is 10.9 Å². The number of nitrogens with zero attached hydrogens (tertiary/aromatic N) is 2. The molecule has 0 N–H and O–H groups in total. The van der Waals surface area contributed by atoms with Crippen molar-refractivity contribution in [3.05, 3.63) is 20.3 Å². The van der Waals surface area contributed by atoms with E-state index < -0.39 is 11.7 Å². The summed E-state index contributed by atoms with van der Waals surface area (Å²) in [6.07, 6.45) is -0.494. The molecule has 0 unspecified atom stereocenters. The number of carbonyl (C=O) groups is 1. The van der Waals surface area contributed by atoms with E-state index in [0.717, 1.165) is 19.3 Å². The molecular weight excluding hydrogens is 451 g/mol. The molecule has 0 amide bonds. The van der Waals surface area contributed by atoms with Gasteiger partial charge in [-0.2, -0.15) is 9.78 Å². The third-order valence-corrected chi connectivity index (χ3v) is 3.97. The molecule has 1 heterocycles. The van der Waals surface area contributed by atoms with E-state index in [2.05, 4.69) is 43.6 Å². The standard InChI is InChI=1S/C14H16BrIN2O3/c1-5-20-11-6-8-10(7-9(11)15)18(17-12(8)16)13(19)21-14(2,3)4/h6-7H,5H2,1-4H3. The van der Waals surface area contributed by atoms with Gasteiger partial charge in [0.1, 0.15) is 15.1 Å². The lowest BCUT2D eigenvalue weighted by Crippen LogP contribution is -2.27. The first-order valence-corrected chi connectivity index (χ1v) is 8.34. The zero-order chi connectivity index (χ0) is 15.8. The molecule has 0 saturated carbocycles. The Morgan fingerprint density at radius 1 is 1.43 bits per heavy atom. The van der Waals surface area contributed by atoms with Gasteiger partial charge in [0, 0.05) is 5.39 Å². The van der Waals surface area contributed by atoms with Crippen molar-refractivity contribution in [3.8, 4) is 5.75 Å². The molecule has 2 rings (SSSR count). The van der Waals surface area contributed by atoms with E-state index in [1.54, 1.807) is 0 Å². The highest BCUT2D eigenvalue weighted by molar-refractivity contribution is 14.1. The summed E-state index contributed by atoms with van der Waals surface area (Å²) in [7, 11) is 0. The second-order valence-corrected chi connectivity index (χ2v) is 7.29. The van der Waals surface area contributed by atoms with E-state index in [-0.39, 0.29) is 0 Å². The van der Waals surface area contributed by atoms with Crippen LogP contribution in [-0.4, -0.2) is 28.1 Å². The molecule has 0 bridgehead atoms. The van der Waals surface area contributed by atoms with Crippen molar-refractivity contribution in [1.29, 1.82) is 0 Å². The maximum atomic E-state index is 12.2. The van der Waals surface area contributed by atoms with Crippen molar-refractivity contribution in [2.45, 2.75) is 33.3 Å². The lowest BCUT2D eigenvalue weighted by Gasteiger charge is -2.19. The highest BCUT2D eigenvalue weighted by Gasteiger charge is 2.22. The normalized spacial score (nSPS) is 11.7. The first-order chi connectivity index (χ1) is 9.73. The van der Waals surface area contributed by atoms with Gasteiger partial charge in [-0.15, -0.1) is 0 Å². The molecule has 5 nitrogen and oxygen atoms in total. The molecule has 2 aromatic rings. The molecular formula is C14H16BrIN2O3. The first kappa shape index (κ1) is 16.5. The van der Waals surface area contributed by atoms with E-state index in [1.807, 2.05) is 39.8 Å². The lowest BCUT2D eigenvalue weighted by molar-refractivity contribution is 0.0522. The summed E-state index contributed by atoms with van der Waals surface area (Å²) in [6, 6.07) is 3.69. The summed E-state index contributed by atoms with van der Waals surface area (Å²) in [4.78, 5) is 12.2. The van der Waals surface area contributed by atoms with E-state index in [0.29, 0.717) is 12.1 Å². The van der Waals surface area contributed by atoms with Gasteiger partial charge < -0.3 is 9.47 Å². The van der Waals surface area contributed by atoms with Gasteiger partial charge in [0.25, 0.3) is 0 Å². The number of hydrogen-bond acceptors (Lipinski definition) is 4. The van der Waals surface area contributed by atoms with Gasteiger partial charge in [-0.3, -0.25) is 0 Å². The van der Waals surface area contributed by atoms with E-state index in [9.17, 15) is 4.79 Å². The fraction of sp³-hybridized carbons (Fsp3) is 0.429. The molecule has 0 fully saturated rings. The van der Waals surface area contributed by atoms with Gasteiger partial charge in [0.15, 0.2) is 0 Å². The summed E-state index contributed by atoms with van der Waals surface area (Å²) in [5.41, 5.74) is 0.118. The topological polar surface area (TPSA) is 53.4 Å². The van der Waals surface area contributed by atoms with Gasteiger partial charge in [0.05, 0.1) is 16.6 Å². The van der Waals surface area contributed by atoms with E-state index in [1.165, 1.54) is 4.68 Å². The van der Waals surface area contributed by atoms with Crippen LogP contribution in [0.15, 0.2) is 16.6 Å². The van der Waals surface area contributed by atoms with Crippen LogP contribution in [0.4, 0.5) is 4.79 Å². The Morgan fingerprint density at radius 2 is 2.10 bits per heavy atom. The summed E-state index contributed by atoms with van der Waals surface area (Å²) in [5, 5.41) is 5.12. The molecule has 0 radical (unpaired) electrons. The van der Waals surface area contributed by atoms with Crippen molar-refractivity contribution in [2.75, 3.05) is 6.61 Å². The Balaban J connectivity index is 2.52. The molecule has 1 aromatic carbocycles. The molecule has 0 aliphatic rings. The highest BCUT2D eigenvalue weighted by Crippen LogP contribution is 2.33. The Labute approximate surface area is 145 Å². The highest BCUT2D eigenvalue weighted by atomic mass is 127. The van der Waals surface area contributed by atoms with Crippen LogP contribution in [0, 0.1) is 3.70 Å². The van der Waals surface area contributed by atoms with Gasteiger partial charge >= 0.3 is 6.09 Å². The third kappa shape index (κ3) is 3.68. The molecule has 1 aromatic heterocycles. The van der Waals surface area contributed by atoms with Gasteiger partial charge in [0.2, 0.25) is 0 Å². The fourth-order valence-corrected chi connectivity index (χ4v) is 2.88. The number of fused-ring (bicyclic) bond motifs is 1. The molecule has 0 spiro atoms. The third-order valence-electron chi connectivity index (χ3n) is 2.55. The smallest absolute Gasteiger partial charge is 0.435 e. The molecule has 0 aliphatic heterocycles. The van der Waals surface area contributed by atoms with Crippen LogP contribution in [0.1, 0.15) is 27.7 Å². The van der Waals surface area contributed by atoms with Crippen molar-refractivity contribution in [3.63, 3.8) is 0 Å². The number of carbonyl (C=O) groups excluding carboxylic acids is 1. The molecule has 21 heavy (non-hydrogen) atoms. The summed E-state index contributed by atoms with van der Waals surface area (Å²) in [6.45, 7) is 7.96. The molecule has 7 heteroatoms. The van der Waals surface area contributed by atoms with Crippen LogP contribution in [0.5, 0.6) is 5.75 Å². The van der Waals surface area contributed by atoms with E-state index in [4.69, 9.17) is 9.47 Å². The molecule has 0 saturated heterocycles. The molecule has 114 valence electrons. The predicted molar refractivity (Wildman–Crippen MR) is 93.0 cm³/mol. The molecule has 0 aliphatic carbocycles. The van der Waals surface area contributed by atoms with Crippen LogP contribution < -0.4 is 4.74 Å². The number of ether oxygens (including phenoxy) is 2. The van der Waals surface area contributed by atoms with Gasteiger partial charge in [-0.25, -0.2) is 4.79 Å². The van der Waals surface area contributed by atoms with Crippen molar-refractivity contribution in [1.82, 2.24) is 9.78 Å². The SMILES string of the molecule is CCOc1cc2c(I)nn(C(=O)OC(C)(C)C)c2cc1Br. The quantitative estimate of drug-likeness (QED) is 0.607. The number of halogens is 2. The fourth-order valence-electron chi connectivity index (χ4n) is 1.79. The van der Waals surface area contributed by atoms with Crippen molar-refractivity contribution in [2.24, 2.45) is 0 Å². The Kier molecular flexibility index (Phi) is 4.82. The number of aromatic nitrogens is 2. The number of benzene rings is 1. The first-order valence-electron chi connectivity index (χ1n) is 6.47. The van der Waals surface area contributed by atoms with Crippen LogP contribution in [0.2, 0.25) is 0 Å². The minimum atomic E-state index is -0.566. The summed E-state index contributed by atoms with van der Waals surface area (Å²) >= 11 is 5.55. The zero-order valence-corrected chi connectivity index (χ0v) is 16.0. The minimum absolute atomic E-state index is 0.494. The second kappa shape index (κ2) is 6.12. The van der Waals surface area contributed by atoms with Crippen molar-refractivity contribution >= 4 is 55.5 Å². The monoisotopic (exact) mass is 466 g/mol. The zero-order valence-electron chi connectivity index (χ0n) is 12.2. The van der Waals surface area contributed by atoms with Crippen LogP contribution in [-0.2, 0) is 4.74 Å². The number of rotatable bonds is 2. The maximum absolute atomic E-state index is 12.2. The average Bonchev–Trinajstić information content (AvgIpc) is 2.65. The van der Waals surface area contributed by atoms with Crippen LogP contribution >= 0.6 is 38.5 Å². The predicted octanol–water partition coefficient (Wildman–Crippen LogP) is 4.59. The number of hydrogen-bond donors (Lipinski definition) is 0. The van der Waals surface area contributed by atoms with Crippen molar-refractivity contribution < 1.29 is 14.3 Å². The Bertz CT molecular complexity index is 692. The Morgan fingerprint density at radius 3 is 2.67 bits per heavy atom. The lowest BCUT2D eigenvalue weighted by atomic mass is 10.2.